The molecule has 0 fully saturated rings. The number of carboxylic acids is 1. The Morgan fingerprint density at radius 1 is 1.19 bits per heavy atom. The number of nitrogens with zero attached hydrogens (tertiary/aromatic N) is 3. The third kappa shape index (κ3) is 3.54. The van der Waals surface area contributed by atoms with Crippen molar-refractivity contribution in [2.75, 3.05) is 5.32 Å². The van der Waals surface area contributed by atoms with Crippen molar-refractivity contribution in [1.29, 1.82) is 0 Å². The minimum Gasteiger partial charge on any atom is -0.478 e. The minimum atomic E-state index is -4.92. The summed E-state index contributed by atoms with van der Waals surface area (Å²) in [4.78, 5) is 23.3. The van der Waals surface area contributed by atoms with Crippen LogP contribution in [0, 0.1) is 0 Å². The topological polar surface area (TPSA) is 89.2 Å². The van der Waals surface area contributed by atoms with Crippen LogP contribution in [0.4, 0.5) is 18.9 Å². The summed E-state index contributed by atoms with van der Waals surface area (Å²) >= 11 is 0. The molecule has 3 aromatic rings. The van der Waals surface area contributed by atoms with Gasteiger partial charge in [-0.1, -0.05) is 6.07 Å². The molecule has 1 amide bonds. The van der Waals surface area contributed by atoms with Gasteiger partial charge in [-0.15, -0.1) is 0 Å². The first-order valence-electron chi connectivity index (χ1n) is 7.60. The summed E-state index contributed by atoms with van der Waals surface area (Å²) < 4.78 is 42.1. The molecule has 1 aromatic carbocycles. The lowest BCUT2D eigenvalue weighted by molar-refractivity contribution is -0.143. The van der Waals surface area contributed by atoms with E-state index in [0.717, 1.165) is 0 Å². The van der Waals surface area contributed by atoms with E-state index in [1.165, 1.54) is 24.3 Å². The zero-order chi connectivity index (χ0) is 19.8. The number of alkyl halides is 3. The second-order valence-corrected chi connectivity index (χ2v) is 5.63. The SMILES string of the molecule is Cn1cccc1C(=O)Nc1cccc(-n2ncc(C(=O)O)c2C(F)(F)F)c1. The first-order chi connectivity index (χ1) is 12.7. The fraction of sp³-hybridized carbons (Fsp3) is 0.118. The van der Waals surface area contributed by atoms with Gasteiger partial charge in [0, 0.05) is 18.9 Å². The summed E-state index contributed by atoms with van der Waals surface area (Å²) in [7, 11) is 1.68. The van der Waals surface area contributed by atoms with Crippen LogP contribution in [-0.4, -0.2) is 31.3 Å². The van der Waals surface area contributed by atoms with Gasteiger partial charge in [-0.3, -0.25) is 4.79 Å². The van der Waals surface area contributed by atoms with Crippen LogP contribution in [0.1, 0.15) is 26.5 Å². The molecular formula is C17H13F3N4O3. The zero-order valence-electron chi connectivity index (χ0n) is 13.9. The van der Waals surface area contributed by atoms with Gasteiger partial charge in [-0.05, 0) is 30.3 Å². The van der Waals surface area contributed by atoms with Crippen molar-refractivity contribution in [3.8, 4) is 5.69 Å². The maximum absolute atomic E-state index is 13.3. The lowest BCUT2D eigenvalue weighted by atomic mass is 10.2. The van der Waals surface area contributed by atoms with E-state index in [4.69, 9.17) is 5.11 Å². The highest BCUT2D eigenvalue weighted by Crippen LogP contribution is 2.34. The molecule has 140 valence electrons. The molecule has 0 saturated carbocycles. The Morgan fingerprint density at radius 2 is 1.93 bits per heavy atom. The number of amides is 1. The van der Waals surface area contributed by atoms with Gasteiger partial charge in [0.2, 0.25) is 0 Å². The molecule has 2 aromatic heterocycles. The molecule has 7 nitrogen and oxygen atoms in total. The minimum absolute atomic E-state index is 0.0421. The maximum Gasteiger partial charge on any atom is 0.434 e. The van der Waals surface area contributed by atoms with Crippen molar-refractivity contribution in [2.24, 2.45) is 7.05 Å². The molecule has 0 saturated heterocycles. The number of anilines is 1. The summed E-state index contributed by atoms with van der Waals surface area (Å²) in [6.45, 7) is 0. The van der Waals surface area contributed by atoms with Gasteiger partial charge in [0.1, 0.15) is 11.3 Å². The number of hydrogen-bond donors (Lipinski definition) is 2. The molecular weight excluding hydrogens is 365 g/mol. The second-order valence-electron chi connectivity index (χ2n) is 5.63. The van der Waals surface area contributed by atoms with E-state index < -0.39 is 29.3 Å². The highest BCUT2D eigenvalue weighted by molar-refractivity contribution is 6.03. The first-order valence-corrected chi connectivity index (χ1v) is 7.60. The van der Waals surface area contributed by atoms with Crippen molar-refractivity contribution in [1.82, 2.24) is 14.3 Å². The van der Waals surface area contributed by atoms with Gasteiger partial charge in [0.25, 0.3) is 5.91 Å². The van der Waals surface area contributed by atoms with Crippen LogP contribution < -0.4 is 5.32 Å². The number of aryl methyl sites for hydroxylation is 1. The molecule has 0 spiro atoms. The van der Waals surface area contributed by atoms with Crippen LogP contribution in [0.25, 0.3) is 5.69 Å². The normalized spacial score (nSPS) is 11.4. The lowest BCUT2D eigenvalue weighted by Gasteiger charge is -2.13. The molecule has 0 radical (unpaired) electrons. The summed E-state index contributed by atoms with van der Waals surface area (Å²) in [5.74, 6) is -2.18. The fourth-order valence-electron chi connectivity index (χ4n) is 2.58. The largest absolute Gasteiger partial charge is 0.478 e. The third-order valence-corrected chi connectivity index (χ3v) is 3.79. The van der Waals surface area contributed by atoms with E-state index >= 15 is 0 Å². The summed E-state index contributed by atoms with van der Waals surface area (Å²) in [6, 6.07) is 8.80. The summed E-state index contributed by atoms with van der Waals surface area (Å²) in [5.41, 5.74) is -1.80. The summed E-state index contributed by atoms with van der Waals surface area (Å²) in [6.07, 6.45) is -2.61. The number of carboxylic acid groups (broad SMARTS) is 1. The quantitative estimate of drug-likeness (QED) is 0.730. The van der Waals surface area contributed by atoms with Gasteiger partial charge in [-0.25, -0.2) is 9.48 Å². The van der Waals surface area contributed by atoms with Crippen molar-refractivity contribution < 1.29 is 27.9 Å². The third-order valence-electron chi connectivity index (χ3n) is 3.79. The monoisotopic (exact) mass is 378 g/mol. The lowest BCUT2D eigenvalue weighted by Crippen LogP contribution is -2.18. The van der Waals surface area contributed by atoms with Crippen LogP contribution in [0.3, 0.4) is 0 Å². The molecule has 0 aliphatic carbocycles. The van der Waals surface area contributed by atoms with Crippen molar-refractivity contribution in [3.05, 3.63) is 65.7 Å². The van der Waals surface area contributed by atoms with E-state index in [0.29, 0.717) is 16.6 Å². The molecule has 3 rings (SSSR count). The molecule has 0 unspecified atom stereocenters. The molecule has 2 N–H and O–H groups in total. The van der Waals surface area contributed by atoms with Crippen LogP contribution >= 0.6 is 0 Å². The molecule has 10 heteroatoms. The average molecular weight is 378 g/mol. The Balaban J connectivity index is 1.98. The molecule has 27 heavy (non-hydrogen) atoms. The number of rotatable bonds is 4. The van der Waals surface area contributed by atoms with Gasteiger partial charge >= 0.3 is 12.1 Å². The predicted molar refractivity (Wildman–Crippen MR) is 88.9 cm³/mol. The van der Waals surface area contributed by atoms with Crippen molar-refractivity contribution >= 4 is 17.6 Å². The van der Waals surface area contributed by atoms with Crippen LogP contribution in [0.2, 0.25) is 0 Å². The van der Waals surface area contributed by atoms with Crippen LogP contribution in [0.15, 0.2) is 48.8 Å². The Labute approximate surface area is 150 Å². The maximum atomic E-state index is 13.3. The number of nitrogens with one attached hydrogen (secondary N) is 1. The van der Waals surface area contributed by atoms with E-state index in [2.05, 4.69) is 10.4 Å². The van der Waals surface area contributed by atoms with Crippen LogP contribution in [-0.2, 0) is 13.2 Å². The fourth-order valence-corrected chi connectivity index (χ4v) is 2.58. The Hall–Kier alpha value is -3.56. The number of aromatic nitrogens is 3. The Bertz CT molecular complexity index is 1020. The van der Waals surface area contributed by atoms with Gasteiger partial charge in [0.05, 0.1) is 11.9 Å². The van der Waals surface area contributed by atoms with Gasteiger partial charge < -0.3 is 15.0 Å². The van der Waals surface area contributed by atoms with Gasteiger partial charge in [-0.2, -0.15) is 18.3 Å². The number of carbonyl (C=O) groups excluding carboxylic acids is 1. The smallest absolute Gasteiger partial charge is 0.434 e. The standard InChI is InChI=1S/C17H13F3N4O3/c1-23-7-3-6-13(23)15(25)22-10-4-2-5-11(8-10)24-14(17(18,19)20)12(9-21-24)16(26)27/h2-9H,1H3,(H,22,25)(H,26,27). The van der Waals surface area contributed by atoms with Crippen molar-refractivity contribution in [2.45, 2.75) is 6.18 Å². The predicted octanol–water partition coefficient (Wildman–Crippen LogP) is 3.18. The second kappa shape index (κ2) is 6.63. The number of hydrogen-bond acceptors (Lipinski definition) is 3. The Kier molecular flexibility index (Phi) is 4.48. The number of halogens is 3. The van der Waals surface area contributed by atoms with E-state index in [-0.39, 0.29) is 11.4 Å². The average Bonchev–Trinajstić information content (AvgIpc) is 3.21. The summed E-state index contributed by atoms with van der Waals surface area (Å²) in [5, 5.41) is 15.1. The van der Waals surface area contributed by atoms with E-state index in [1.807, 2.05) is 0 Å². The number of aromatic carboxylic acids is 1. The highest BCUT2D eigenvalue weighted by Gasteiger charge is 2.40. The zero-order valence-corrected chi connectivity index (χ0v) is 13.9. The van der Waals surface area contributed by atoms with E-state index in [1.54, 1.807) is 29.9 Å². The molecule has 0 bridgehead atoms. The molecule has 0 aliphatic rings. The number of carbonyl (C=O) groups is 2. The van der Waals surface area contributed by atoms with Crippen molar-refractivity contribution in [3.63, 3.8) is 0 Å². The molecule has 2 heterocycles. The highest BCUT2D eigenvalue weighted by atomic mass is 19.4. The molecule has 0 aliphatic heterocycles. The molecule has 0 atom stereocenters. The van der Waals surface area contributed by atoms with Gasteiger partial charge in [0.15, 0.2) is 5.69 Å². The number of benzene rings is 1. The van der Waals surface area contributed by atoms with E-state index in [9.17, 15) is 22.8 Å². The van der Waals surface area contributed by atoms with Crippen LogP contribution in [0.5, 0.6) is 0 Å². The Morgan fingerprint density at radius 3 is 2.52 bits per heavy atom. The first kappa shape index (κ1) is 18.2.